The number of piperazine rings is 1. The van der Waals surface area contributed by atoms with Crippen molar-refractivity contribution in [2.45, 2.75) is 45.4 Å². The first-order valence-corrected chi connectivity index (χ1v) is 10.0. The van der Waals surface area contributed by atoms with Gasteiger partial charge in [0.25, 0.3) is 0 Å². The molecule has 0 aromatic carbocycles. The zero-order chi connectivity index (χ0) is 18.6. The van der Waals surface area contributed by atoms with E-state index in [0.29, 0.717) is 23.5 Å². The van der Waals surface area contributed by atoms with Crippen LogP contribution in [-0.2, 0) is 11.2 Å². The number of amides is 1. The molecule has 0 atom stereocenters. The van der Waals surface area contributed by atoms with Gasteiger partial charge in [-0.1, -0.05) is 24.9 Å². The molecule has 1 amide bonds. The Morgan fingerprint density at radius 3 is 2.59 bits per heavy atom. The molecule has 1 aliphatic heterocycles. The average Bonchev–Trinajstić information content (AvgIpc) is 3.40. The highest BCUT2D eigenvalue weighted by molar-refractivity contribution is 5.76. The normalized spacial score (nSPS) is 18.3. The fourth-order valence-electron chi connectivity index (χ4n) is 4.00. The van der Waals surface area contributed by atoms with Gasteiger partial charge in [-0.15, -0.1) is 0 Å². The molecule has 2 aromatic rings. The maximum absolute atomic E-state index is 12.5. The summed E-state index contributed by atoms with van der Waals surface area (Å²) in [7, 11) is 0. The van der Waals surface area contributed by atoms with Crippen LogP contribution in [0.1, 0.15) is 44.9 Å². The number of rotatable bonds is 5. The van der Waals surface area contributed by atoms with E-state index in [9.17, 15) is 4.79 Å². The number of hydrogen-bond acceptors (Lipinski definition) is 6. The number of anilines is 1. The van der Waals surface area contributed by atoms with Crippen molar-refractivity contribution in [2.75, 3.05) is 31.1 Å². The number of hydrogen-bond donors (Lipinski definition) is 0. The third-order valence-electron chi connectivity index (χ3n) is 5.67. The summed E-state index contributed by atoms with van der Waals surface area (Å²) in [5, 5.41) is 3.99. The van der Waals surface area contributed by atoms with Crippen LogP contribution in [0.4, 0.5) is 5.82 Å². The van der Waals surface area contributed by atoms with Gasteiger partial charge in [0.1, 0.15) is 5.82 Å². The minimum Gasteiger partial charge on any atom is -0.353 e. The lowest BCUT2D eigenvalue weighted by molar-refractivity contribution is -0.132. The lowest BCUT2D eigenvalue weighted by Crippen LogP contribution is -2.49. The summed E-state index contributed by atoms with van der Waals surface area (Å²) < 4.78 is 5.16. The van der Waals surface area contributed by atoms with Crippen LogP contribution in [-0.4, -0.2) is 52.1 Å². The van der Waals surface area contributed by atoms with Gasteiger partial charge in [0.2, 0.25) is 17.6 Å². The number of aryl methyl sites for hydroxylation is 1. The molecule has 2 aromatic heterocycles. The highest BCUT2D eigenvalue weighted by Crippen LogP contribution is 2.28. The molecule has 0 N–H and O–H groups in total. The highest BCUT2D eigenvalue weighted by atomic mass is 16.5. The van der Waals surface area contributed by atoms with Crippen molar-refractivity contribution < 1.29 is 9.32 Å². The van der Waals surface area contributed by atoms with Crippen LogP contribution >= 0.6 is 0 Å². The summed E-state index contributed by atoms with van der Waals surface area (Å²) >= 11 is 0. The van der Waals surface area contributed by atoms with Gasteiger partial charge in [-0.3, -0.25) is 4.79 Å². The predicted molar refractivity (Wildman–Crippen MR) is 102 cm³/mol. The lowest BCUT2D eigenvalue weighted by atomic mass is 10.0. The van der Waals surface area contributed by atoms with Gasteiger partial charge in [-0.2, -0.15) is 4.98 Å². The van der Waals surface area contributed by atoms with Crippen molar-refractivity contribution in [2.24, 2.45) is 5.92 Å². The number of carbonyl (C=O) groups is 1. The van der Waals surface area contributed by atoms with Crippen LogP contribution in [0.25, 0.3) is 11.4 Å². The van der Waals surface area contributed by atoms with Crippen molar-refractivity contribution in [1.82, 2.24) is 20.0 Å². The van der Waals surface area contributed by atoms with Crippen LogP contribution in [0.2, 0.25) is 0 Å². The van der Waals surface area contributed by atoms with Gasteiger partial charge in [-0.05, 0) is 30.9 Å². The van der Waals surface area contributed by atoms with E-state index in [0.717, 1.165) is 50.4 Å². The maximum atomic E-state index is 12.5. The summed E-state index contributed by atoms with van der Waals surface area (Å²) in [5.74, 6) is 3.08. The van der Waals surface area contributed by atoms with E-state index >= 15 is 0 Å². The second kappa shape index (κ2) is 8.06. The van der Waals surface area contributed by atoms with Gasteiger partial charge in [0.05, 0.1) is 0 Å². The fraction of sp³-hybridized carbons (Fsp3) is 0.600. The van der Waals surface area contributed by atoms with E-state index in [1.165, 1.54) is 25.7 Å². The molecular weight excluding hydrogens is 342 g/mol. The standard InChI is InChI=1S/C20H27N5O2/c1-2-18-22-20(23-27-18)16-7-8-17(21-14-16)24-9-11-25(12-10-24)19(26)13-15-5-3-4-6-15/h7-8,14-15H,2-6,9-13H2,1H3. The van der Waals surface area contributed by atoms with E-state index in [4.69, 9.17) is 4.52 Å². The minimum atomic E-state index is 0.327. The average molecular weight is 369 g/mol. The Hall–Kier alpha value is -2.44. The molecule has 0 unspecified atom stereocenters. The van der Waals surface area contributed by atoms with Crippen LogP contribution in [0, 0.1) is 5.92 Å². The summed E-state index contributed by atoms with van der Waals surface area (Å²) in [6, 6.07) is 3.97. The number of pyridine rings is 1. The van der Waals surface area contributed by atoms with E-state index < -0.39 is 0 Å². The molecule has 144 valence electrons. The van der Waals surface area contributed by atoms with Crippen LogP contribution < -0.4 is 4.90 Å². The zero-order valence-corrected chi connectivity index (χ0v) is 15.9. The highest BCUT2D eigenvalue weighted by Gasteiger charge is 2.25. The Bertz CT molecular complexity index is 759. The zero-order valence-electron chi connectivity index (χ0n) is 15.9. The summed E-state index contributed by atoms with van der Waals surface area (Å²) in [4.78, 5) is 25.7. The Kier molecular flexibility index (Phi) is 5.36. The van der Waals surface area contributed by atoms with Crippen molar-refractivity contribution in [3.8, 4) is 11.4 Å². The molecule has 1 saturated carbocycles. The molecule has 27 heavy (non-hydrogen) atoms. The molecule has 7 nitrogen and oxygen atoms in total. The SMILES string of the molecule is CCc1nc(-c2ccc(N3CCN(C(=O)CC4CCCC4)CC3)nc2)no1. The molecule has 4 rings (SSSR count). The third kappa shape index (κ3) is 4.12. The van der Waals surface area contributed by atoms with Gasteiger partial charge >= 0.3 is 0 Å². The molecule has 2 fully saturated rings. The van der Waals surface area contributed by atoms with Gasteiger partial charge in [-0.25, -0.2) is 4.98 Å². The molecule has 2 aliphatic rings. The van der Waals surface area contributed by atoms with Crippen molar-refractivity contribution in [1.29, 1.82) is 0 Å². The third-order valence-corrected chi connectivity index (χ3v) is 5.67. The van der Waals surface area contributed by atoms with Gasteiger partial charge < -0.3 is 14.3 Å². The number of aromatic nitrogens is 3. The quantitative estimate of drug-likeness (QED) is 0.807. The molecular formula is C20H27N5O2. The second-order valence-corrected chi connectivity index (χ2v) is 7.49. The van der Waals surface area contributed by atoms with Gasteiger partial charge in [0.15, 0.2) is 0 Å². The first kappa shape index (κ1) is 17.9. The van der Waals surface area contributed by atoms with E-state index in [1.807, 2.05) is 24.0 Å². The van der Waals surface area contributed by atoms with Crippen molar-refractivity contribution in [3.05, 3.63) is 24.2 Å². The van der Waals surface area contributed by atoms with E-state index in [1.54, 1.807) is 6.20 Å². The number of carbonyl (C=O) groups excluding carboxylic acids is 1. The lowest BCUT2D eigenvalue weighted by Gasteiger charge is -2.36. The van der Waals surface area contributed by atoms with Crippen LogP contribution in [0.15, 0.2) is 22.9 Å². The molecule has 0 spiro atoms. The molecule has 1 saturated heterocycles. The first-order chi connectivity index (χ1) is 13.2. The Morgan fingerprint density at radius 1 is 1.19 bits per heavy atom. The Labute approximate surface area is 159 Å². The fourth-order valence-corrected chi connectivity index (χ4v) is 4.00. The summed E-state index contributed by atoms with van der Waals surface area (Å²) in [6.07, 6.45) is 8.27. The number of nitrogens with zero attached hydrogens (tertiary/aromatic N) is 5. The Morgan fingerprint density at radius 2 is 1.96 bits per heavy atom. The molecule has 0 radical (unpaired) electrons. The van der Waals surface area contributed by atoms with Crippen LogP contribution in [0.3, 0.4) is 0 Å². The monoisotopic (exact) mass is 369 g/mol. The second-order valence-electron chi connectivity index (χ2n) is 7.49. The smallest absolute Gasteiger partial charge is 0.226 e. The molecule has 7 heteroatoms. The summed E-state index contributed by atoms with van der Waals surface area (Å²) in [5.41, 5.74) is 0.854. The molecule has 0 bridgehead atoms. The predicted octanol–water partition coefficient (Wildman–Crippen LogP) is 2.92. The van der Waals surface area contributed by atoms with Gasteiger partial charge in [0, 0.05) is 50.8 Å². The van der Waals surface area contributed by atoms with E-state index in [-0.39, 0.29) is 0 Å². The molecule has 3 heterocycles. The van der Waals surface area contributed by atoms with E-state index in [2.05, 4.69) is 20.0 Å². The molecule has 1 aliphatic carbocycles. The van der Waals surface area contributed by atoms with Crippen LogP contribution in [0.5, 0.6) is 0 Å². The minimum absolute atomic E-state index is 0.327. The summed E-state index contributed by atoms with van der Waals surface area (Å²) in [6.45, 7) is 5.19. The largest absolute Gasteiger partial charge is 0.353 e. The van der Waals surface area contributed by atoms with Crippen molar-refractivity contribution in [3.63, 3.8) is 0 Å². The topological polar surface area (TPSA) is 75.4 Å². The Balaban J connectivity index is 1.32. The maximum Gasteiger partial charge on any atom is 0.226 e. The van der Waals surface area contributed by atoms with Crippen molar-refractivity contribution >= 4 is 11.7 Å². The first-order valence-electron chi connectivity index (χ1n) is 10.0.